The van der Waals surface area contributed by atoms with Crippen LogP contribution >= 0.6 is 0 Å². The number of H-pyrrole nitrogens is 1. The molecule has 1 N–H and O–H groups in total. The third kappa shape index (κ3) is 5.31. The predicted octanol–water partition coefficient (Wildman–Crippen LogP) is 4.42. The van der Waals surface area contributed by atoms with Gasteiger partial charge in [-0.15, -0.1) is 0 Å². The van der Waals surface area contributed by atoms with Gasteiger partial charge in [0.2, 0.25) is 0 Å². The number of hydrogen-bond donors (Lipinski definition) is 1. The fourth-order valence-corrected chi connectivity index (χ4v) is 4.37. The molecule has 0 aliphatic heterocycles. The molecule has 10 nitrogen and oxygen atoms in total. The van der Waals surface area contributed by atoms with Gasteiger partial charge >= 0.3 is 5.69 Å². The Kier molecular flexibility index (Phi) is 7.53. The van der Waals surface area contributed by atoms with E-state index >= 15 is 0 Å². The van der Waals surface area contributed by atoms with Crippen molar-refractivity contribution < 1.29 is 9.47 Å². The molecule has 10 heteroatoms. The van der Waals surface area contributed by atoms with E-state index in [-0.39, 0.29) is 17.9 Å². The van der Waals surface area contributed by atoms with E-state index in [1.807, 2.05) is 62.4 Å². The number of aryl methyl sites for hydroxylation is 1. The number of fused-ring (bicyclic) bond motifs is 1. The molecule has 0 bridgehead atoms. The number of nitrogens with zero attached hydrogens (tertiary/aromatic N) is 5. The smallest absolute Gasteiger partial charge is 0.332 e. The molecule has 39 heavy (non-hydrogen) atoms. The lowest BCUT2D eigenvalue weighted by Crippen LogP contribution is -2.40. The van der Waals surface area contributed by atoms with E-state index in [4.69, 9.17) is 9.47 Å². The Balaban J connectivity index is 1.31. The number of aromatic amines is 1. The van der Waals surface area contributed by atoms with E-state index in [0.717, 1.165) is 28.9 Å². The van der Waals surface area contributed by atoms with E-state index in [9.17, 15) is 9.59 Å². The monoisotopic (exact) mass is 526 g/mol. The van der Waals surface area contributed by atoms with Crippen molar-refractivity contribution in [3.8, 4) is 34.0 Å². The zero-order valence-corrected chi connectivity index (χ0v) is 22.2. The van der Waals surface area contributed by atoms with Crippen LogP contribution in [0.25, 0.3) is 33.7 Å². The second-order valence-corrected chi connectivity index (χ2v) is 9.10. The maximum Gasteiger partial charge on any atom is 0.332 e. The molecule has 2 aromatic carbocycles. The molecule has 5 aromatic rings. The molecule has 200 valence electrons. The molecule has 0 saturated carbocycles. The number of benzene rings is 2. The third-order valence-electron chi connectivity index (χ3n) is 6.38. The summed E-state index contributed by atoms with van der Waals surface area (Å²) in [6.45, 7) is 4.99. The van der Waals surface area contributed by atoms with Crippen LogP contribution in [0.1, 0.15) is 32.5 Å². The van der Waals surface area contributed by atoms with Crippen LogP contribution in [0.3, 0.4) is 0 Å². The third-order valence-corrected chi connectivity index (χ3v) is 6.38. The minimum atomic E-state index is -0.346. The topological polar surface area (TPSA) is 117 Å². The van der Waals surface area contributed by atoms with Crippen LogP contribution in [0.15, 0.2) is 70.5 Å². The van der Waals surface area contributed by atoms with Gasteiger partial charge in [-0.1, -0.05) is 26.0 Å². The molecule has 0 atom stereocenters. The highest BCUT2D eigenvalue weighted by atomic mass is 16.5. The Bertz CT molecular complexity index is 1680. The first-order valence-electron chi connectivity index (χ1n) is 12.9. The summed E-state index contributed by atoms with van der Waals surface area (Å²) in [5, 5.41) is 0. The number of methoxy groups -OCH3 is 1. The van der Waals surface area contributed by atoms with Crippen LogP contribution < -0.4 is 20.7 Å². The number of imidazole rings is 1. The number of rotatable bonds is 10. The van der Waals surface area contributed by atoms with Crippen molar-refractivity contribution in [1.82, 2.24) is 29.1 Å². The minimum absolute atomic E-state index is 0.215. The van der Waals surface area contributed by atoms with E-state index in [0.29, 0.717) is 48.1 Å². The van der Waals surface area contributed by atoms with Crippen LogP contribution in [0.5, 0.6) is 11.5 Å². The number of ether oxygens (including phenoxy) is 2. The van der Waals surface area contributed by atoms with Gasteiger partial charge in [-0.3, -0.25) is 13.9 Å². The van der Waals surface area contributed by atoms with Crippen LogP contribution in [0.4, 0.5) is 0 Å². The fourth-order valence-electron chi connectivity index (χ4n) is 4.37. The highest BCUT2D eigenvalue weighted by molar-refractivity contribution is 5.75. The minimum Gasteiger partial charge on any atom is -0.497 e. The molecule has 0 radical (unpaired) electrons. The predicted molar refractivity (Wildman–Crippen MR) is 149 cm³/mol. The van der Waals surface area contributed by atoms with Gasteiger partial charge in [0.1, 0.15) is 29.4 Å². The Labute approximate surface area is 224 Å². The molecular weight excluding hydrogens is 496 g/mol. The molecule has 0 spiro atoms. The van der Waals surface area contributed by atoms with Gasteiger partial charge in [-0.05, 0) is 54.8 Å². The fraction of sp³-hybridized carbons (Fsp3) is 0.276. The lowest BCUT2D eigenvalue weighted by Gasteiger charge is -2.09. The van der Waals surface area contributed by atoms with Gasteiger partial charge in [0, 0.05) is 36.6 Å². The highest BCUT2D eigenvalue weighted by Crippen LogP contribution is 2.23. The average Bonchev–Trinajstić information content (AvgIpc) is 3.43. The van der Waals surface area contributed by atoms with Gasteiger partial charge in [-0.2, -0.15) is 0 Å². The maximum atomic E-state index is 13.0. The normalized spacial score (nSPS) is 11.2. The van der Waals surface area contributed by atoms with E-state index in [1.54, 1.807) is 24.1 Å². The van der Waals surface area contributed by atoms with Gasteiger partial charge in [0.25, 0.3) is 5.56 Å². The van der Waals surface area contributed by atoms with Crippen molar-refractivity contribution in [2.24, 2.45) is 0 Å². The Morgan fingerprint density at radius 1 is 0.795 bits per heavy atom. The van der Waals surface area contributed by atoms with Crippen molar-refractivity contribution >= 4 is 11.2 Å². The first-order chi connectivity index (χ1) is 19.0. The molecular formula is C29H30N6O4. The molecule has 0 unspecified atom stereocenters. The van der Waals surface area contributed by atoms with Crippen molar-refractivity contribution in [3.05, 3.63) is 87.6 Å². The first kappa shape index (κ1) is 25.9. The Hall–Kier alpha value is -4.73. The molecule has 0 aliphatic carbocycles. The zero-order chi connectivity index (χ0) is 27.4. The summed E-state index contributed by atoms with van der Waals surface area (Å²) in [5.74, 6) is 2.52. The quantitative estimate of drug-likeness (QED) is 0.286. The highest BCUT2D eigenvalue weighted by Gasteiger charge is 2.17. The van der Waals surface area contributed by atoms with Crippen LogP contribution in [0, 0.1) is 0 Å². The lowest BCUT2D eigenvalue weighted by atomic mass is 10.1. The summed E-state index contributed by atoms with van der Waals surface area (Å²) < 4.78 is 13.9. The van der Waals surface area contributed by atoms with E-state index in [1.165, 1.54) is 4.57 Å². The van der Waals surface area contributed by atoms with Crippen LogP contribution in [-0.4, -0.2) is 36.2 Å². The summed E-state index contributed by atoms with van der Waals surface area (Å²) in [6.07, 6.45) is 4.98. The van der Waals surface area contributed by atoms with Crippen molar-refractivity contribution in [2.75, 3.05) is 7.11 Å². The summed E-state index contributed by atoms with van der Waals surface area (Å²) in [6, 6.07) is 15.1. The summed E-state index contributed by atoms with van der Waals surface area (Å²) >= 11 is 0. The molecule has 3 aromatic heterocycles. The number of nitrogens with one attached hydrogen (secondary N) is 1. The van der Waals surface area contributed by atoms with Crippen LogP contribution in [0.2, 0.25) is 0 Å². The maximum absolute atomic E-state index is 13.0. The molecule has 0 amide bonds. The SMILES string of the molecule is CCCn1c(=O)c2[nH]c(-c3ccc(OCc4ncc(-c5ccc(OC)cc5)cn4)cc3)nc2n(CCC)c1=O. The molecule has 0 aliphatic rings. The van der Waals surface area contributed by atoms with Gasteiger partial charge in [0.05, 0.1) is 7.11 Å². The second-order valence-electron chi connectivity index (χ2n) is 9.10. The largest absolute Gasteiger partial charge is 0.497 e. The van der Waals surface area contributed by atoms with Crippen molar-refractivity contribution in [1.29, 1.82) is 0 Å². The zero-order valence-electron chi connectivity index (χ0n) is 22.2. The van der Waals surface area contributed by atoms with E-state index in [2.05, 4.69) is 19.9 Å². The molecule has 0 fully saturated rings. The summed E-state index contributed by atoms with van der Waals surface area (Å²) in [5.41, 5.74) is 2.73. The van der Waals surface area contributed by atoms with Gasteiger partial charge in [-0.25, -0.2) is 19.7 Å². The first-order valence-corrected chi connectivity index (χ1v) is 12.9. The number of aromatic nitrogens is 6. The summed E-state index contributed by atoms with van der Waals surface area (Å²) in [4.78, 5) is 42.5. The van der Waals surface area contributed by atoms with Crippen molar-refractivity contribution in [2.45, 2.75) is 46.4 Å². The van der Waals surface area contributed by atoms with Crippen molar-refractivity contribution in [3.63, 3.8) is 0 Å². The second kappa shape index (κ2) is 11.3. The van der Waals surface area contributed by atoms with Gasteiger partial charge in [0.15, 0.2) is 11.5 Å². The number of hydrogen-bond acceptors (Lipinski definition) is 7. The molecule has 0 saturated heterocycles. The Morgan fingerprint density at radius 3 is 2.05 bits per heavy atom. The standard InChI is InChI=1S/C29H30N6O4/c1-4-14-34-27-25(28(36)35(15-5-2)29(34)37)32-26(33-27)20-8-12-23(13-9-20)39-18-24-30-16-21(17-31-24)19-6-10-22(38-3)11-7-19/h6-13,16-17H,4-5,14-15,18H2,1-3H3,(H,32,33). The lowest BCUT2D eigenvalue weighted by molar-refractivity contribution is 0.296. The summed E-state index contributed by atoms with van der Waals surface area (Å²) in [7, 11) is 1.64. The Morgan fingerprint density at radius 2 is 1.41 bits per heavy atom. The van der Waals surface area contributed by atoms with Gasteiger partial charge < -0.3 is 14.5 Å². The van der Waals surface area contributed by atoms with E-state index < -0.39 is 0 Å². The molecule has 5 rings (SSSR count). The van der Waals surface area contributed by atoms with Crippen LogP contribution in [-0.2, 0) is 19.7 Å². The molecule has 3 heterocycles. The average molecular weight is 527 g/mol.